The topological polar surface area (TPSA) is 111 Å². The van der Waals surface area contributed by atoms with Gasteiger partial charge in [0.2, 0.25) is 0 Å². The van der Waals surface area contributed by atoms with Crippen molar-refractivity contribution in [2.24, 2.45) is 0 Å². The third-order valence-corrected chi connectivity index (χ3v) is 10.9. The number of nitrogens with one attached hydrogen (secondary N) is 2. The lowest BCUT2D eigenvalue weighted by molar-refractivity contribution is 0.414. The highest BCUT2D eigenvalue weighted by Gasteiger charge is 2.07. The maximum atomic E-state index is 6.07. The molecule has 0 spiro atoms. The van der Waals surface area contributed by atoms with Crippen LogP contribution in [0.2, 0.25) is 10.0 Å². The van der Waals surface area contributed by atoms with Gasteiger partial charge in [-0.3, -0.25) is 9.97 Å². The summed E-state index contributed by atoms with van der Waals surface area (Å²) in [5, 5.41) is 10.6. The molecule has 4 aromatic carbocycles. The molecule has 0 bridgehead atoms. The van der Waals surface area contributed by atoms with Crippen molar-refractivity contribution in [1.29, 1.82) is 0 Å². The van der Waals surface area contributed by atoms with Gasteiger partial charge >= 0.3 is 0 Å². The average molecular weight is 864 g/mol. The third kappa shape index (κ3) is 12.9. The van der Waals surface area contributed by atoms with E-state index in [0.717, 1.165) is 126 Å². The first-order valence-electron chi connectivity index (χ1n) is 21.2. The number of fused-ring (bicyclic) bond motifs is 2. The lowest BCUT2D eigenvalue weighted by Gasteiger charge is -2.10. The fourth-order valence-corrected chi connectivity index (χ4v) is 7.65. The van der Waals surface area contributed by atoms with Crippen molar-refractivity contribution < 1.29 is 4.74 Å². The van der Waals surface area contributed by atoms with E-state index in [0.29, 0.717) is 10.0 Å². The van der Waals surface area contributed by atoms with Crippen LogP contribution in [0.3, 0.4) is 0 Å². The van der Waals surface area contributed by atoms with Gasteiger partial charge in [0.15, 0.2) is 0 Å². The standard InChI is InChI=1S/C26H27ClN4.C25H25ClN4O/c1-19-6-8-20(9-7-19)17-22-12-15-30-26(31-22)5-3-2-4-14-28-24-13-16-29-25-18-21(27)10-11-23(24)25;1-17-12-18(15-21(13-17)31-2)14-20-7-10-29-25(30-20)4-3-9-27-23-8-11-28-24-16-19(26)5-6-22(23)24/h6-13,15-16,18H,2-5,14,17H2,1H3,(H,28,29);5-8,10-13,15-16H,3-4,9,14H2,1-2H3,(H,27,28). The molecule has 8 aromatic rings. The highest BCUT2D eigenvalue weighted by atomic mass is 35.5. The summed E-state index contributed by atoms with van der Waals surface area (Å²) in [7, 11) is 1.69. The van der Waals surface area contributed by atoms with E-state index in [4.69, 9.17) is 37.9 Å². The van der Waals surface area contributed by atoms with E-state index in [-0.39, 0.29) is 0 Å². The molecule has 0 aliphatic carbocycles. The predicted molar refractivity (Wildman–Crippen MR) is 255 cm³/mol. The quantitative estimate of drug-likeness (QED) is 0.0865. The second kappa shape index (κ2) is 22.1. The number of aromatic nitrogens is 6. The SMILES string of the molecule is COc1cc(C)cc(Cc2ccnc(CCCNc3ccnc4cc(Cl)ccc34)n2)c1.Cc1ccc(Cc2ccnc(CCCCCNc3ccnc4cc(Cl)ccc34)n2)cc1. The molecule has 4 heterocycles. The summed E-state index contributed by atoms with van der Waals surface area (Å²) in [4.78, 5) is 27.2. The van der Waals surface area contributed by atoms with Crippen LogP contribution < -0.4 is 15.4 Å². The summed E-state index contributed by atoms with van der Waals surface area (Å²) >= 11 is 12.1. The molecule has 0 aliphatic heterocycles. The molecule has 11 heteroatoms. The fourth-order valence-electron chi connectivity index (χ4n) is 7.32. The van der Waals surface area contributed by atoms with Crippen LogP contribution in [0.25, 0.3) is 21.8 Å². The monoisotopic (exact) mass is 862 g/mol. The van der Waals surface area contributed by atoms with Crippen LogP contribution in [0.1, 0.15) is 71.0 Å². The first-order valence-corrected chi connectivity index (χ1v) is 21.9. The molecule has 4 aromatic heterocycles. The number of halogens is 2. The Morgan fingerprint density at radius 2 is 1.05 bits per heavy atom. The molecular formula is C51H52Cl2N8O. The number of aryl methyl sites for hydroxylation is 4. The minimum atomic E-state index is 0.693. The van der Waals surface area contributed by atoms with Gasteiger partial charge in [-0.25, -0.2) is 19.9 Å². The zero-order chi connectivity index (χ0) is 43.1. The van der Waals surface area contributed by atoms with Gasteiger partial charge in [-0.05, 0) is 123 Å². The summed E-state index contributed by atoms with van der Waals surface area (Å²) in [5.74, 6) is 2.68. The maximum absolute atomic E-state index is 6.07. The van der Waals surface area contributed by atoms with E-state index in [1.807, 2.05) is 85.3 Å². The third-order valence-electron chi connectivity index (χ3n) is 10.5. The lowest BCUT2D eigenvalue weighted by Crippen LogP contribution is -2.06. The normalized spacial score (nSPS) is 11.0. The van der Waals surface area contributed by atoms with Gasteiger partial charge in [0.05, 0.1) is 18.1 Å². The smallest absolute Gasteiger partial charge is 0.128 e. The molecule has 0 atom stereocenters. The number of unbranched alkanes of at least 4 members (excludes halogenated alkanes) is 2. The van der Waals surface area contributed by atoms with E-state index >= 15 is 0 Å². The number of hydrogen-bond donors (Lipinski definition) is 2. The molecule has 0 unspecified atom stereocenters. The molecule has 8 rings (SSSR count). The Balaban J connectivity index is 0.000000186. The minimum Gasteiger partial charge on any atom is -0.497 e. The zero-order valence-corrected chi connectivity index (χ0v) is 37.1. The highest BCUT2D eigenvalue weighted by Crippen LogP contribution is 2.26. The molecule has 316 valence electrons. The second-order valence-electron chi connectivity index (χ2n) is 15.4. The number of pyridine rings is 2. The van der Waals surface area contributed by atoms with Gasteiger partial charge < -0.3 is 15.4 Å². The van der Waals surface area contributed by atoms with Crippen molar-refractivity contribution in [3.05, 3.63) is 183 Å². The fraction of sp³-hybridized carbons (Fsp3) is 0.255. The van der Waals surface area contributed by atoms with Crippen LogP contribution in [0, 0.1) is 13.8 Å². The first-order chi connectivity index (χ1) is 30.3. The van der Waals surface area contributed by atoms with Crippen LogP contribution in [0.4, 0.5) is 11.4 Å². The number of rotatable bonds is 17. The molecule has 2 N–H and O–H groups in total. The number of nitrogens with zero attached hydrogens (tertiary/aromatic N) is 6. The van der Waals surface area contributed by atoms with Crippen molar-refractivity contribution >= 4 is 56.4 Å². The molecule has 0 saturated carbocycles. The van der Waals surface area contributed by atoms with Crippen LogP contribution >= 0.6 is 23.2 Å². The van der Waals surface area contributed by atoms with Crippen molar-refractivity contribution in [1.82, 2.24) is 29.9 Å². The van der Waals surface area contributed by atoms with E-state index in [2.05, 4.69) is 80.8 Å². The summed E-state index contributed by atoms with van der Waals surface area (Å²) in [6, 6.07) is 34.5. The van der Waals surface area contributed by atoms with Crippen molar-refractivity contribution in [3.63, 3.8) is 0 Å². The molecule has 62 heavy (non-hydrogen) atoms. The number of benzene rings is 4. The van der Waals surface area contributed by atoms with Crippen LogP contribution in [-0.2, 0) is 25.7 Å². The number of hydrogen-bond acceptors (Lipinski definition) is 9. The minimum absolute atomic E-state index is 0.693. The van der Waals surface area contributed by atoms with Crippen LogP contribution in [-0.4, -0.2) is 50.1 Å². The summed E-state index contributed by atoms with van der Waals surface area (Å²) < 4.78 is 5.38. The van der Waals surface area contributed by atoms with Gasteiger partial charge in [-0.1, -0.05) is 65.5 Å². The van der Waals surface area contributed by atoms with Gasteiger partial charge in [0, 0.05) is 107 Å². The van der Waals surface area contributed by atoms with Gasteiger partial charge in [0.25, 0.3) is 0 Å². The summed E-state index contributed by atoms with van der Waals surface area (Å²) in [5.41, 5.74) is 11.0. The number of ether oxygens (including phenoxy) is 1. The van der Waals surface area contributed by atoms with E-state index < -0.39 is 0 Å². The maximum Gasteiger partial charge on any atom is 0.128 e. The zero-order valence-electron chi connectivity index (χ0n) is 35.5. The van der Waals surface area contributed by atoms with Crippen molar-refractivity contribution in [2.75, 3.05) is 30.8 Å². The highest BCUT2D eigenvalue weighted by molar-refractivity contribution is 6.31. The Kier molecular flexibility index (Phi) is 15.6. The van der Waals surface area contributed by atoms with Gasteiger partial charge in [0.1, 0.15) is 17.4 Å². The predicted octanol–water partition coefficient (Wildman–Crippen LogP) is 12.0. The second-order valence-corrected chi connectivity index (χ2v) is 16.3. The number of anilines is 2. The van der Waals surface area contributed by atoms with Crippen molar-refractivity contribution in [2.45, 2.75) is 65.2 Å². The Labute approximate surface area is 374 Å². The van der Waals surface area contributed by atoms with Gasteiger partial charge in [-0.2, -0.15) is 0 Å². The Bertz CT molecular complexity index is 2710. The largest absolute Gasteiger partial charge is 0.497 e. The molecule has 0 saturated heterocycles. The molecule has 0 radical (unpaired) electrons. The lowest BCUT2D eigenvalue weighted by atomic mass is 10.1. The molecule has 0 amide bonds. The molecule has 9 nitrogen and oxygen atoms in total. The average Bonchev–Trinajstić information content (AvgIpc) is 3.27. The number of methoxy groups -OCH3 is 1. The summed E-state index contributed by atoms with van der Waals surface area (Å²) in [6.45, 7) is 5.93. The summed E-state index contributed by atoms with van der Waals surface area (Å²) in [6.07, 6.45) is 14.9. The van der Waals surface area contributed by atoms with Crippen LogP contribution in [0.5, 0.6) is 5.75 Å². The van der Waals surface area contributed by atoms with E-state index in [9.17, 15) is 0 Å². The Hall–Kier alpha value is -6.16. The molecule has 0 aliphatic rings. The molecule has 0 fully saturated rings. The van der Waals surface area contributed by atoms with Crippen LogP contribution in [0.15, 0.2) is 128 Å². The van der Waals surface area contributed by atoms with E-state index in [1.165, 1.54) is 22.3 Å². The Morgan fingerprint density at radius 3 is 1.65 bits per heavy atom. The molecular weight excluding hydrogens is 812 g/mol. The Morgan fingerprint density at radius 1 is 0.500 bits per heavy atom. The van der Waals surface area contributed by atoms with Crippen molar-refractivity contribution in [3.8, 4) is 5.75 Å². The van der Waals surface area contributed by atoms with Gasteiger partial charge in [-0.15, -0.1) is 0 Å². The first kappa shape index (κ1) is 43.9. The van der Waals surface area contributed by atoms with E-state index in [1.54, 1.807) is 13.3 Å².